The van der Waals surface area contributed by atoms with Crippen LogP contribution in [0.5, 0.6) is 0 Å². The fraction of sp³-hybridized carbons (Fsp3) is 0.154. The summed E-state index contributed by atoms with van der Waals surface area (Å²) < 4.78 is 14.3. The maximum absolute atomic E-state index is 14.3. The predicted molar refractivity (Wildman–Crippen MR) is 118 cm³/mol. The van der Waals surface area contributed by atoms with Crippen LogP contribution in [-0.2, 0) is 22.7 Å². The molecule has 0 bridgehead atoms. The maximum Gasteiger partial charge on any atom is 0.278 e. The third kappa shape index (κ3) is 4.12. The van der Waals surface area contributed by atoms with E-state index in [1.54, 1.807) is 18.2 Å². The molecule has 1 aliphatic rings. The van der Waals surface area contributed by atoms with Gasteiger partial charge in [0.2, 0.25) is 0 Å². The fourth-order valence-electron chi connectivity index (χ4n) is 3.81. The number of likely N-dealkylation sites (N-methyl/N-ethyl adjacent to an activating group) is 1. The van der Waals surface area contributed by atoms with E-state index in [0.29, 0.717) is 35.5 Å². The lowest BCUT2D eigenvalue weighted by molar-refractivity contribution is -0.138. The third-order valence-electron chi connectivity index (χ3n) is 5.41. The second-order valence-corrected chi connectivity index (χ2v) is 7.38. The predicted octanol–water partition coefficient (Wildman–Crippen LogP) is 4.63. The Morgan fingerprint density at radius 1 is 0.806 bits per heavy atom. The minimum Gasteiger partial charge on any atom is -0.362 e. The molecule has 0 atom stereocenters. The van der Waals surface area contributed by atoms with Crippen LogP contribution >= 0.6 is 0 Å². The van der Waals surface area contributed by atoms with Gasteiger partial charge in [-0.1, -0.05) is 78.9 Å². The van der Waals surface area contributed by atoms with Gasteiger partial charge < -0.3 is 4.90 Å². The van der Waals surface area contributed by atoms with E-state index in [4.69, 9.17) is 0 Å². The first-order valence-electron chi connectivity index (χ1n) is 10.3. The molecule has 3 aromatic rings. The second-order valence-electron chi connectivity index (χ2n) is 7.38. The van der Waals surface area contributed by atoms with Gasteiger partial charge in [-0.25, -0.2) is 4.39 Å². The first-order valence-corrected chi connectivity index (χ1v) is 10.3. The molecular formula is C26H23FN2O2. The number of halogens is 1. The highest BCUT2D eigenvalue weighted by atomic mass is 19.1. The normalized spacial score (nSPS) is 13.8. The molecule has 0 saturated carbocycles. The highest BCUT2D eigenvalue weighted by Crippen LogP contribution is 2.33. The molecule has 4 nitrogen and oxygen atoms in total. The SMILES string of the molecule is CCN(Cc1ccccc1)C1=C(c2ccccc2)C(=O)N(Cc2ccccc2F)C1=O. The minimum absolute atomic E-state index is 0.104. The van der Waals surface area contributed by atoms with Gasteiger partial charge >= 0.3 is 0 Å². The van der Waals surface area contributed by atoms with Crippen molar-refractivity contribution in [3.05, 3.63) is 113 Å². The summed E-state index contributed by atoms with van der Waals surface area (Å²) in [4.78, 5) is 30.0. The molecule has 2 amide bonds. The lowest BCUT2D eigenvalue weighted by Gasteiger charge is -2.25. The summed E-state index contributed by atoms with van der Waals surface area (Å²) in [7, 11) is 0. The Balaban J connectivity index is 1.75. The van der Waals surface area contributed by atoms with Crippen molar-refractivity contribution in [3.63, 3.8) is 0 Å². The zero-order chi connectivity index (χ0) is 21.8. The molecule has 0 aromatic heterocycles. The van der Waals surface area contributed by atoms with Gasteiger partial charge in [0.1, 0.15) is 11.5 Å². The average Bonchev–Trinajstić information content (AvgIpc) is 3.05. The molecule has 5 heteroatoms. The number of rotatable bonds is 7. The molecule has 156 valence electrons. The summed E-state index contributed by atoms with van der Waals surface area (Å²) in [6, 6.07) is 25.2. The molecule has 0 radical (unpaired) electrons. The number of carbonyl (C=O) groups is 2. The van der Waals surface area contributed by atoms with Crippen molar-refractivity contribution < 1.29 is 14.0 Å². The van der Waals surface area contributed by atoms with Crippen molar-refractivity contribution in [1.29, 1.82) is 0 Å². The van der Waals surface area contributed by atoms with Gasteiger partial charge in [0.05, 0.1) is 12.1 Å². The molecule has 31 heavy (non-hydrogen) atoms. The van der Waals surface area contributed by atoms with Crippen LogP contribution in [-0.4, -0.2) is 28.2 Å². The van der Waals surface area contributed by atoms with Crippen LogP contribution in [0.25, 0.3) is 5.57 Å². The first kappa shape index (κ1) is 20.5. The van der Waals surface area contributed by atoms with Crippen LogP contribution in [0.3, 0.4) is 0 Å². The molecule has 0 saturated heterocycles. The lowest BCUT2D eigenvalue weighted by atomic mass is 10.0. The van der Waals surface area contributed by atoms with Crippen molar-refractivity contribution in [2.45, 2.75) is 20.0 Å². The number of hydrogen-bond acceptors (Lipinski definition) is 3. The standard InChI is InChI=1S/C26H23FN2O2/c1-2-28(17-19-11-5-3-6-12-19)24-23(20-13-7-4-8-14-20)25(30)29(26(24)31)18-21-15-9-10-16-22(21)27/h3-16H,2,17-18H2,1H3. The van der Waals surface area contributed by atoms with E-state index in [1.807, 2.05) is 72.5 Å². The van der Waals surface area contributed by atoms with E-state index >= 15 is 0 Å². The Morgan fingerprint density at radius 3 is 2.06 bits per heavy atom. The van der Waals surface area contributed by atoms with E-state index in [0.717, 1.165) is 10.5 Å². The number of imide groups is 1. The van der Waals surface area contributed by atoms with Gasteiger partial charge in [-0.15, -0.1) is 0 Å². The van der Waals surface area contributed by atoms with Crippen LogP contribution in [0.2, 0.25) is 0 Å². The monoisotopic (exact) mass is 414 g/mol. The zero-order valence-electron chi connectivity index (χ0n) is 17.3. The molecule has 0 unspecified atom stereocenters. The van der Waals surface area contributed by atoms with Gasteiger partial charge in [0.15, 0.2) is 0 Å². The van der Waals surface area contributed by atoms with Crippen LogP contribution in [0.4, 0.5) is 4.39 Å². The molecule has 0 spiro atoms. The summed E-state index contributed by atoms with van der Waals surface area (Å²) in [5.74, 6) is -1.24. The molecule has 0 N–H and O–H groups in total. The van der Waals surface area contributed by atoms with Crippen LogP contribution in [0.1, 0.15) is 23.6 Å². The quantitative estimate of drug-likeness (QED) is 0.530. The summed E-state index contributed by atoms with van der Waals surface area (Å²) >= 11 is 0. The molecule has 1 heterocycles. The van der Waals surface area contributed by atoms with Crippen molar-refractivity contribution >= 4 is 17.4 Å². The molecule has 1 aliphatic heterocycles. The Hall–Kier alpha value is -3.73. The van der Waals surface area contributed by atoms with Crippen molar-refractivity contribution in [2.75, 3.05) is 6.54 Å². The number of amides is 2. The Morgan fingerprint density at radius 2 is 1.42 bits per heavy atom. The van der Waals surface area contributed by atoms with Gasteiger partial charge in [-0.05, 0) is 24.1 Å². The van der Waals surface area contributed by atoms with Crippen molar-refractivity contribution in [1.82, 2.24) is 9.80 Å². The van der Waals surface area contributed by atoms with E-state index in [2.05, 4.69) is 0 Å². The average molecular weight is 414 g/mol. The minimum atomic E-state index is -0.436. The number of nitrogens with zero attached hydrogens (tertiary/aromatic N) is 2. The van der Waals surface area contributed by atoms with Gasteiger partial charge in [-0.3, -0.25) is 14.5 Å². The molecule has 0 aliphatic carbocycles. The smallest absolute Gasteiger partial charge is 0.278 e. The highest BCUT2D eigenvalue weighted by molar-refractivity contribution is 6.35. The molecular weight excluding hydrogens is 391 g/mol. The first-order chi connectivity index (χ1) is 15.1. The Kier molecular flexibility index (Phi) is 5.94. The third-order valence-corrected chi connectivity index (χ3v) is 5.41. The zero-order valence-corrected chi connectivity index (χ0v) is 17.3. The van der Waals surface area contributed by atoms with Gasteiger partial charge in [0.25, 0.3) is 11.8 Å². The summed E-state index contributed by atoms with van der Waals surface area (Å²) in [5, 5.41) is 0. The van der Waals surface area contributed by atoms with E-state index in [9.17, 15) is 14.0 Å². The Bertz CT molecular complexity index is 1130. The van der Waals surface area contributed by atoms with Gasteiger partial charge in [-0.2, -0.15) is 0 Å². The largest absolute Gasteiger partial charge is 0.362 e. The lowest BCUT2D eigenvalue weighted by Crippen LogP contribution is -2.35. The van der Waals surface area contributed by atoms with Crippen LogP contribution in [0.15, 0.2) is 90.6 Å². The van der Waals surface area contributed by atoms with Crippen molar-refractivity contribution in [3.8, 4) is 0 Å². The number of carbonyl (C=O) groups excluding carboxylic acids is 2. The summed E-state index contributed by atoms with van der Waals surface area (Å²) in [5.41, 5.74) is 2.75. The van der Waals surface area contributed by atoms with Gasteiger partial charge in [0, 0.05) is 18.7 Å². The summed E-state index contributed by atoms with van der Waals surface area (Å²) in [6.07, 6.45) is 0. The molecule has 4 rings (SSSR count). The molecule has 3 aromatic carbocycles. The summed E-state index contributed by atoms with van der Waals surface area (Å²) in [6.45, 7) is 2.89. The topological polar surface area (TPSA) is 40.6 Å². The van der Waals surface area contributed by atoms with Crippen LogP contribution < -0.4 is 0 Å². The highest BCUT2D eigenvalue weighted by Gasteiger charge is 2.41. The van der Waals surface area contributed by atoms with E-state index < -0.39 is 17.6 Å². The van der Waals surface area contributed by atoms with Crippen molar-refractivity contribution in [2.24, 2.45) is 0 Å². The van der Waals surface area contributed by atoms with E-state index in [-0.39, 0.29) is 6.54 Å². The molecule has 0 fully saturated rings. The fourth-order valence-corrected chi connectivity index (χ4v) is 3.81. The van der Waals surface area contributed by atoms with E-state index in [1.165, 1.54) is 6.07 Å². The second kappa shape index (κ2) is 8.96. The Labute approximate surface area is 181 Å². The number of benzene rings is 3. The maximum atomic E-state index is 14.3. The number of hydrogen-bond donors (Lipinski definition) is 0. The van der Waals surface area contributed by atoms with Crippen LogP contribution in [0, 0.1) is 5.82 Å².